The molecule has 0 spiro atoms. The minimum atomic E-state index is 0.489. The molecule has 1 aliphatic heterocycles. The molecule has 9 heteroatoms. The molecule has 2 aromatic heterocycles. The number of likely N-dealkylation sites (N-methyl/N-ethyl adjacent to an activating group) is 1. The highest BCUT2D eigenvalue weighted by Gasteiger charge is 2.15. The monoisotopic (exact) mass is 457 g/mol. The summed E-state index contributed by atoms with van der Waals surface area (Å²) in [5.74, 6) is 0.489. The fraction of sp³-hybridized carbons (Fsp3) is 0.292. The lowest BCUT2D eigenvalue weighted by molar-refractivity contribution is 0.148. The van der Waals surface area contributed by atoms with Crippen LogP contribution in [0.3, 0.4) is 0 Å². The number of hydrogen-bond acceptors (Lipinski definition) is 6. The Labute approximate surface area is 199 Å². The summed E-state index contributed by atoms with van der Waals surface area (Å²) in [6.07, 6.45) is 5.65. The van der Waals surface area contributed by atoms with Crippen LogP contribution in [-0.4, -0.2) is 70.6 Å². The third-order valence-electron chi connectivity index (χ3n) is 5.95. The molecule has 0 amide bonds. The Morgan fingerprint density at radius 2 is 1.82 bits per heavy atom. The molecule has 2 aromatic carbocycles. The Bertz CT molecular complexity index is 1300. The van der Waals surface area contributed by atoms with Gasteiger partial charge in [0.05, 0.1) is 16.7 Å². The van der Waals surface area contributed by atoms with Crippen LogP contribution in [0, 0.1) is 0 Å². The molecule has 3 heterocycles. The number of nitrogens with zero attached hydrogens (tertiary/aromatic N) is 6. The molecule has 0 saturated carbocycles. The second kappa shape index (κ2) is 9.13. The number of piperazine rings is 1. The second-order valence-corrected chi connectivity index (χ2v) is 9.07. The van der Waals surface area contributed by atoms with Crippen LogP contribution in [0.25, 0.3) is 22.0 Å². The topological polar surface area (TPSA) is 62.1 Å². The molecule has 2 radical (unpaired) electrons. The molecule has 166 valence electrons. The van der Waals surface area contributed by atoms with Crippen molar-refractivity contribution in [1.29, 1.82) is 0 Å². The highest BCUT2D eigenvalue weighted by Crippen LogP contribution is 2.28. The average molecular weight is 458 g/mol. The van der Waals surface area contributed by atoms with E-state index in [2.05, 4.69) is 55.4 Å². The van der Waals surface area contributed by atoms with Gasteiger partial charge in [-0.1, -0.05) is 23.1 Å². The van der Waals surface area contributed by atoms with Crippen molar-refractivity contribution in [2.75, 3.05) is 38.5 Å². The molecule has 0 atom stereocenters. The van der Waals surface area contributed by atoms with Crippen LogP contribution in [0.15, 0.2) is 48.9 Å². The molecule has 1 aliphatic rings. The summed E-state index contributed by atoms with van der Waals surface area (Å²) in [6.45, 7) is 5.19. The van der Waals surface area contributed by atoms with Crippen molar-refractivity contribution in [2.24, 2.45) is 7.05 Å². The normalized spacial score (nSPS) is 15.2. The van der Waals surface area contributed by atoms with E-state index in [4.69, 9.17) is 19.4 Å². The summed E-state index contributed by atoms with van der Waals surface area (Å²) in [5, 5.41) is 9.04. The predicted octanol–water partition coefficient (Wildman–Crippen LogP) is 2.97. The first kappa shape index (κ1) is 21.9. The van der Waals surface area contributed by atoms with Crippen LogP contribution >= 0.6 is 11.6 Å². The summed E-state index contributed by atoms with van der Waals surface area (Å²) in [6, 6.07) is 10.0. The van der Waals surface area contributed by atoms with E-state index in [1.54, 1.807) is 12.3 Å². The van der Waals surface area contributed by atoms with Gasteiger partial charge in [-0.2, -0.15) is 5.10 Å². The van der Waals surface area contributed by atoms with Crippen LogP contribution in [-0.2, 0) is 13.6 Å². The lowest BCUT2D eigenvalue weighted by Crippen LogP contribution is -2.43. The van der Waals surface area contributed by atoms with Gasteiger partial charge in [0.1, 0.15) is 7.85 Å². The van der Waals surface area contributed by atoms with Gasteiger partial charge in [-0.25, -0.2) is 9.97 Å². The summed E-state index contributed by atoms with van der Waals surface area (Å²) in [4.78, 5) is 14.0. The van der Waals surface area contributed by atoms with Crippen LogP contribution in [0.4, 0.5) is 11.6 Å². The second-order valence-electron chi connectivity index (χ2n) is 8.66. The van der Waals surface area contributed by atoms with Crippen molar-refractivity contribution in [1.82, 2.24) is 29.5 Å². The Kier molecular flexibility index (Phi) is 6.06. The molecule has 1 saturated heterocycles. The number of anilines is 2. The van der Waals surface area contributed by atoms with Gasteiger partial charge in [0, 0.05) is 68.8 Å². The van der Waals surface area contributed by atoms with E-state index < -0.39 is 0 Å². The van der Waals surface area contributed by atoms with Crippen molar-refractivity contribution in [2.45, 2.75) is 6.54 Å². The molecule has 0 unspecified atom stereocenters. The van der Waals surface area contributed by atoms with Crippen molar-refractivity contribution in [3.05, 3.63) is 59.5 Å². The van der Waals surface area contributed by atoms with E-state index in [1.807, 2.05) is 30.2 Å². The Morgan fingerprint density at radius 3 is 2.58 bits per heavy atom. The maximum atomic E-state index is 6.37. The third-order valence-corrected chi connectivity index (χ3v) is 6.24. The molecule has 0 aliphatic carbocycles. The van der Waals surface area contributed by atoms with Crippen LogP contribution in [0.1, 0.15) is 5.56 Å². The summed E-state index contributed by atoms with van der Waals surface area (Å²) in [5.41, 5.74) is 5.59. The maximum absolute atomic E-state index is 6.37. The van der Waals surface area contributed by atoms with Gasteiger partial charge < -0.3 is 10.2 Å². The highest BCUT2D eigenvalue weighted by molar-refractivity contribution is 6.39. The predicted molar refractivity (Wildman–Crippen MR) is 135 cm³/mol. The zero-order valence-electron chi connectivity index (χ0n) is 18.8. The van der Waals surface area contributed by atoms with Gasteiger partial charge >= 0.3 is 0 Å². The molecular weight excluding hydrogens is 433 g/mol. The van der Waals surface area contributed by atoms with E-state index in [0.717, 1.165) is 54.9 Å². The Hall–Kier alpha value is -2.94. The zero-order valence-corrected chi connectivity index (χ0v) is 19.5. The summed E-state index contributed by atoms with van der Waals surface area (Å²) in [7, 11) is 9.99. The number of benzene rings is 2. The number of rotatable bonds is 5. The first-order chi connectivity index (χ1) is 15.9. The van der Waals surface area contributed by atoms with Gasteiger partial charge in [-0.3, -0.25) is 9.58 Å². The number of fused-ring (bicyclic) bond motifs is 1. The van der Waals surface area contributed by atoms with Gasteiger partial charge in [-0.15, -0.1) is 0 Å². The summed E-state index contributed by atoms with van der Waals surface area (Å²) >= 11 is 6.37. The van der Waals surface area contributed by atoms with E-state index in [1.165, 1.54) is 5.56 Å². The molecule has 1 fully saturated rings. The molecule has 0 bridgehead atoms. The first-order valence-electron chi connectivity index (χ1n) is 11.0. The molecule has 1 N–H and O–H groups in total. The molecular formula is C24H25BClN7. The van der Waals surface area contributed by atoms with Gasteiger partial charge in [0.2, 0.25) is 5.95 Å². The quantitative estimate of drug-likeness (QED) is 0.465. The van der Waals surface area contributed by atoms with Crippen molar-refractivity contribution in [3.63, 3.8) is 0 Å². The number of halogens is 1. The zero-order chi connectivity index (χ0) is 22.9. The SMILES string of the molecule is [B]c1cc(Cl)c2nc(Nc3cc(CN4CCN(C)CC4)cc(-c4cnn(C)c4)c3)ncc2c1. The van der Waals surface area contributed by atoms with Crippen LogP contribution < -0.4 is 10.8 Å². The molecule has 4 aromatic rings. The minimum Gasteiger partial charge on any atom is -0.324 e. The number of nitrogens with one attached hydrogen (secondary N) is 1. The molecule has 5 rings (SSSR count). The smallest absolute Gasteiger partial charge is 0.227 e. The highest BCUT2D eigenvalue weighted by atomic mass is 35.5. The fourth-order valence-electron chi connectivity index (χ4n) is 4.17. The van der Waals surface area contributed by atoms with Crippen molar-refractivity contribution >= 4 is 47.4 Å². The lowest BCUT2D eigenvalue weighted by Gasteiger charge is -2.32. The maximum Gasteiger partial charge on any atom is 0.227 e. The van der Waals surface area contributed by atoms with E-state index in [0.29, 0.717) is 22.0 Å². The van der Waals surface area contributed by atoms with Gasteiger partial charge in [-0.05, 0) is 42.4 Å². The largest absolute Gasteiger partial charge is 0.324 e. The van der Waals surface area contributed by atoms with Crippen molar-refractivity contribution < 1.29 is 0 Å². The lowest BCUT2D eigenvalue weighted by atomic mass is 9.95. The number of hydrogen-bond donors (Lipinski definition) is 1. The Morgan fingerprint density at radius 1 is 1.00 bits per heavy atom. The van der Waals surface area contributed by atoms with Crippen molar-refractivity contribution in [3.8, 4) is 11.1 Å². The van der Waals surface area contributed by atoms with Gasteiger partial charge in [0.25, 0.3) is 0 Å². The summed E-state index contributed by atoms with van der Waals surface area (Å²) < 4.78 is 1.82. The van der Waals surface area contributed by atoms with E-state index in [-0.39, 0.29) is 0 Å². The van der Waals surface area contributed by atoms with Crippen LogP contribution in [0.5, 0.6) is 0 Å². The van der Waals surface area contributed by atoms with Crippen LogP contribution in [0.2, 0.25) is 5.02 Å². The van der Waals surface area contributed by atoms with E-state index >= 15 is 0 Å². The first-order valence-corrected chi connectivity index (χ1v) is 11.3. The Balaban J connectivity index is 1.47. The number of aryl methyl sites for hydroxylation is 1. The molecule has 7 nitrogen and oxygen atoms in total. The minimum absolute atomic E-state index is 0.489. The average Bonchev–Trinajstić information content (AvgIpc) is 3.22. The van der Waals surface area contributed by atoms with Gasteiger partial charge in [0.15, 0.2) is 0 Å². The standard InChI is InChI=1S/C24H25BClN7/c1-31-3-5-33(6-4-31)14-16-7-17(19-13-28-32(2)15-19)10-21(8-16)29-24-27-12-18-9-20(25)11-22(26)23(18)30-24/h7-13,15H,3-6,14H2,1-2H3,(H,27,29,30). The van der Waals surface area contributed by atoms with E-state index in [9.17, 15) is 0 Å². The third kappa shape index (κ3) is 5.03. The number of aromatic nitrogens is 4. The fourth-order valence-corrected chi connectivity index (χ4v) is 4.45. The molecule has 33 heavy (non-hydrogen) atoms.